The van der Waals surface area contributed by atoms with Crippen LogP contribution in [0.15, 0.2) is 18.3 Å². The van der Waals surface area contributed by atoms with Gasteiger partial charge in [-0.2, -0.15) is 5.10 Å². The summed E-state index contributed by atoms with van der Waals surface area (Å²) >= 11 is 0. The summed E-state index contributed by atoms with van der Waals surface area (Å²) < 4.78 is 7.69. The van der Waals surface area contributed by atoms with Crippen LogP contribution in [0, 0.1) is 6.92 Å². The Morgan fingerprint density at radius 3 is 2.85 bits per heavy atom. The van der Waals surface area contributed by atoms with Gasteiger partial charge in [0.05, 0.1) is 12.3 Å². The molecule has 1 aromatic heterocycles. The minimum absolute atomic E-state index is 0.370. The van der Waals surface area contributed by atoms with E-state index in [0.717, 1.165) is 30.0 Å². The van der Waals surface area contributed by atoms with Crippen molar-refractivity contribution in [1.29, 1.82) is 0 Å². The second-order valence-electron chi connectivity index (χ2n) is 5.63. The van der Waals surface area contributed by atoms with Crippen LogP contribution in [0.4, 0.5) is 0 Å². The molecule has 0 aliphatic carbocycles. The maximum absolute atomic E-state index is 5.86. The molecule has 3 rings (SSSR count). The van der Waals surface area contributed by atoms with Crippen molar-refractivity contribution in [3.63, 3.8) is 0 Å². The van der Waals surface area contributed by atoms with E-state index in [1.807, 2.05) is 4.68 Å². The average Bonchev–Trinajstić information content (AvgIpc) is 3.03. The van der Waals surface area contributed by atoms with E-state index >= 15 is 0 Å². The summed E-state index contributed by atoms with van der Waals surface area (Å²) in [4.78, 5) is 0. The number of fused-ring (bicyclic) bond motifs is 1. The zero-order chi connectivity index (χ0) is 14.3. The highest BCUT2D eigenvalue weighted by Crippen LogP contribution is 2.35. The van der Waals surface area contributed by atoms with Crippen LogP contribution >= 0.6 is 0 Å². The summed E-state index contributed by atoms with van der Waals surface area (Å²) in [5.41, 5.74) is 11.6. The Hall–Kier alpha value is -1.81. The van der Waals surface area contributed by atoms with Crippen LogP contribution in [0.1, 0.15) is 36.7 Å². The van der Waals surface area contributed by atoms with Crippen molar-refractivity contribution in [2.75, 3.05) is 6.61 Å². The first-order valence-electron chi connectivity index (χ1n) is 7.15. The van der Waals surface area contributed by atoms with Gasteiger partial charge in [-0.3, -0.25) is 4.68 Å². The van der Waals surface area contributed by atoms with E-state index in [1.165, 1.54) is 16.7 Å². The third-order valence-corrected chi connectivity index (χ3v) is 3.84. The summed E-state index contributed by atoms with van der Waals surface area (Å²) in [5, 5.41) is 4.59. The Bertz CT molecular complexity index is 643. The van der Waals surface area contributed by atoms with Gasteiger partial charge in [-0.15, -0.1) is 0 Å². The number of hydrogen-bond donors (Lipinski definition) is 1. The molecule has 1 aromatic carbocycles. The number of nitrogens with two attached hydrogens (primary N) is 1. The van der Waals surface area contributed by atoms with Crippen LogP contribution in [-0.4, -0.2) is 16.4 Å². The maximum atomic E-state index is 5.86. The largest absolute Gasteiger partial charge is 0.493 e. The van der Waals surface area contributed by atoms with Gasteiger partial charge in [0.1, 0.15) is 5.75 Å². The summed E-state index contributed by atoms with van der Waals surface area (Å²) in [7, 11) is 0. The van der Waals surface area contributed by atoms with Gasteiger partial charge in [0.2, 0.25) is 0 Å². The van der Waals surface area contributed by atoms with Crippen molar-refractivity contribution in [3.8, 4) is 16.9 Å². The van der Waals surface area contributed by atoms with Gasteiger partial charge in [0, 0.05) is 36.3 Å². The standard InChI is InChI=1S/C16H21N3O/c1-10(2)19-9-15(11(3)18-19)13-6-12-4-5-20-16(12)14(7-13)8-17/h6-7,9-10H,4-5,8,17H2,1-3H3. The summed E-state index contributed by atoms with van der Waals surface area (Å²) in [5.74, 6) is 0.991. The minimum atomic E-state index is 0.370. The lowest BCUT2D eigenvalue weighted by molar-refractivity contribution is 0.353. The van der Waals surface area contributed by atoms with Crippen LogP contribution in [-0.2, 0) is 13.0 Å². The fraction of sp³-hybridized carbons (Fsp3) is 0.438. The van der Waals surface area contributed by atoms with Crippen LogP contribution < -0.4 is 10.5 Å². The Morgan fingerprint density at radius 2 is 2.20 bits per heavy atom. The van der Waals surface area contributed by atoms with Crippen molar-refractivity contribution in [3.05, 3.63) is 35.2 Å². The van der Waals surface area contributed by atoms with Crippen LogP contribution in [0.25, 0.3) is 11.1 Å². The molecular formula is C16H21N3O. The lowest BCUT2D eigenvalue weighted by Gasteiger charge is -2.09. The first kappa shape index (κ1) is 13.2. The fourth-order valence-corrected chi connectivity index (χ4v) is 2.73. The maximum Gasteiger partial charge on any atom is 0.127 e. The number of aromatic nitrogens is 2. The number of ether oxygens (including phenoxy) is 1. The summed E-state index contributed by atoms with van der Waals surface area (Å²) in [6, 6.07) is 4.73. The van der Waals surface area contributed by atoms with E-state index < -0.39 is 0 Å². The first-order valence-corrected chi connectivity index (χ1v) is 7.15. The fourth-order valence-electron chi connectivity index (χ4n) is 2.73. The molecule has 0 bridgehead atoms. The third kappa shape index (κ3) is 2.10. The van der Waals surface area contributed by atoms with Crippen LogP contribution in [0.2, 0.25) is 0 Å². The van der Waals surface area contributed by atoms with Gasteiger partial charge in [-0.05, 0) is 44.0 Å². The zero-order valence-corrected chi connectivity index (χ0v) is 12.3. The van der Waals surface area contributed by atoms with Crippen molar-refractivity contribution in [1.82, 2.24) is 9.78 Å². The molecule has 0 saturated carbocycles. The first-order chi connectivity index (χ1) is 9.60. The topological polar surface area (TPSA) is 53.1 Å². The normalized spacial score (nSPS) is 13.7. The Balaban J connectivity index is 2.11. The Kier molecular flexibility index (Phi) is 3.26. The monoisotopic (exact) mass is 271 g/mol. The van der Waals surface area contributed by atoms with E-state index in [1.54, 1.807) is 0 Å². The molecule has 0 amide bonds. The van der Waals surface area contributed by atoms with Gasteiger partial charge in [-0.1, -0.05) is 0 Å². The van der Waals surface area contributed by atoms with Crippen molar-refractivity contribution in [2.24, 2.45) is 5.73 Å². The molecule has 4 nitrogen and oxygen atoms in total. The lowest BCUT2D eigenvalue weighted by atomic mass is 9.99. The van der Waals surface area contributed by atoms with Gasteiger partial charge in [-0.25, -0.2) is 0 Å². The van der Waals surface area contributed by atoms with Crippen LogP contribution in [0.5, 0.6) is 5.75 Å². The molecule has 1 aliphatic heterocycles. The number of rotatable bonds is 3. The average molecular weight is 271 g/mol. The number of aryl methyl sites for hydroxylation is 1. The van der Waals surface area contributed by atoms with Crippen molar-refractivity contribution >= 4 is 0 Å². The Labute approximate surface area is 119 Å². The molecule has 0 atom stereocenters. The van der Waals surface area contributed by atoms with Gasteiger partial charge in [0.25, 0.3) is 0 Å². The molecule has 20 heavy (non-hydrogen) atoms. The highest BCUT2D eigenvalue weighted by molar-refractivity contribution is 5.69. The molecule has 0 spiro atoms. The predicted octanol–water partition coefficient (Wildman–Crippen LogP) is 2.83. The van der Waals surface area contributed by atoms with E-state index in [-0.39, 0.29) is 0 Å². The SMILES string of the molecule is Cc1nn(C(C)C)cc1-c1cc(CN)c2c(c1)CCO2. The summed E-state index contributed by atoms with van der Waals surface area (Å²) in [6.45, 7) is 7.60. The van der Waals surface area contributed by atoms with Crippen LogP contribution in [0.3, 0.4) is 0 Å². The molecular weight excluding hydrogens is 250 g/mol. The van der Waals surface area contributed by atoms with Crippen molar-refractivity contribution < 1.29 is 4.74 Å². The van der Waals surface area contributed by atoms with Gasteiger partial charge in [0.15, 0.2) is 0 Å². The minimum Gasteiger partial charge on any atom is -0.493 e. The van der Waals surface area contributed by atoms with E-state index in [4.69, 9.17) is 10.5 Å². The zero-order valence-electron chi connectivity index (χ0n) is 12.3. The molecule has 2 heterocycles. The molecule has 106 valence electrons. The van der Waals surface area contributed by atoms with Gasteiger partial charge < -0.3 is 10.5 Å². The number of hydrogen-bond acceptors (Lipinski definition) is 3. The second-order valence-corrected chi connectivity index (χ2v) is 5.63. The highest BCUT2D eigenvalue weighted by atomic mass is 16.5. The van der Waals surface area contributed by atoms with E-state index in [9.17, 15) is 0 Å². The van der Waals surface area contributed by atoms with Gasteiger partial charge >= 0.3 is 0 Å². The second kappa shape index (κ2) is 4.94. The molecule has 4 heteroatoms. The third-order valence-electron chi connectivity index (χ3n) is 3.84. The quantitative estimate of drug-likeness (QED) is 0.934. The lowest BCUT2D eigenvalue weighted by Crippen LogP contribution is -2.00. The van der Waals surface area contributed by atoms with Crippen molar-refractivity contribution in [2.45, 2.75) is 39.8 Å². The Morgan fingerprint density at radius 1 is 1.40 bits per heavy atom. The number of nitrogens with zero attached hydrogens (tertiary/aromatic N) is 2. The highest BCUT2D eigenvalue weighted by Gasteiger charge is 2.19. The molecule has 1 aliphatic rings. The number of benzene rings is 1. The van der Waals surface area contributed by atoms with E-state index in [2.05, 4.69) is 44.2 Å². The van der Waals surface area contributed by atoms with E-state index in [0.29, 0.717) is 12.6 Å². The molecule has 0 unspecified atom stereocenters. The molecule has 0 saturated heterocycles. The smallest absolute Gasteiger partial charge is 0.127 e. The molecule has 2 aromatic rings. The summed E-state index contributed by atoms with van der Waals surface area (Å²) in [6.07, 6.45) is 3.09. The molecule has 0 fully saturated rings. The molecule has 0 radical (unpaired) electrons. The molecule has 2 N–H and O–H groups in total. The predicted molar refractivity (Wildman–Crippen MR) is 79.9 cm³/mol.